The maximum Gasteiger partial charge on any atom is 0.233 e. The van der Waals surface area contributed by atoms with E-state index in [9.17, 15) is 12.8 Å². The van der Waals surface area contributed by atoms with Crippen molar-refractivity contribution in [1.29, 1.82) is 0 Å². The monoisotopic (exact) mass is 276 g/mol. The molecular formula is C15H13FO2S. The van der Waals surface area contributed by atoms with Gasteiger partial charge >= 0.3 is 0 Å². The molecule has 19 heavy (non-hydrogen) atoms. The Labute approximate surface area is 112 Å². The summed E-state index contributed by atoms with van der Waals surface area (Å²) in [5.41, 5.74) is 1.55. The van der Waals surface area contributed by atoms with Crippen molar-refractivity contribution in [2.75, 3.05) is 0 Å². The van der Waals surface area contributed by atoms with Crippen LogP contribution in [0.15, 0.2) is 64.7 Å². The summed E-state index contributed by atoms with van der Waals surface area (Å²) < 4.78 is 37.8. The van der Waals surface area contributed by atoms with E-state index >= 15 is 0 Å². The lowest BCUT2D eigenvalue weighted by Crippen LogP contribution is -2.00. The Morgan fingerprint density at radius 2 is 1.58 bits per heavy atom. The number of hydrogen-bond acceptors (Lipinski definition) is 2. The van der Waals surface area contributed by atoms with Crippen LogP contribution in [-0.4, -0.2) is 8.42 Å². The van der Waals surface area contributed by atoms with Gasteiger partial charge in [-0.05, 0) is 30.7 Å². The van der Waals surface area contributed by atoms with Crippen LogP contribution in [0.2, 0.25) is 0 Å². The first-order valence-electron chi connectivity index (χ1n) is 5.74. The highest BCUT2D eigenvalue weighted by Gasteiger charge is 2.20. The fourth-order valence-electron chi connectivity index (χ4n) is 1.58. The van der Waals surface area contributed by atoms with Crippen molar-refractivity contribution in [2.24, 2.45) is 0 Å². The molecule has 0 saturated carbocycles. The molecule has 0 unspecified atom stereocenters. The van der Waals surface area contributed by atoms with Gasteiger partial charge in [-0.25, -0.2) is 8.42 Å². The highest BCUT2D eigenvalue weighted by atomic mass is 32.2. The molecule has 2 nitrogen and oxygen atoms in total. The van der Waals surface area contributed by atoms with Gasteiger partial charge in [-0.15, -0.1) is 0 Å². The van der Waals surface area contributed by atoms with Crippen LogP contribution < -0.4 is 0 Å². The molecule has 0 atom stereocenters. The first-order chi connectivity index (χ1) is 9.00. The molecule has 98 valence electrons. The topological polar surface area (TPSA) is 34.1 Å². The largest absolute Gasteiger partial charge is 0.233 e. The number of benzene rings is 2. The lowest BCUT2D eigenvalue weighted by Gasteiger charge is -2.02. The van der Waals surface area contributed by atoms with Crippen molar-refractivity contribution in [3.63, 3.8) is 0 Å². The molecular weight excluding hydrogens is 263 g/mol. The summed E-state index contributed by atoms with van der Waals surface area (Å²) in [6.07, 6.45) is 1.03. The third-order valence-corrected chi connectivity index (χ3v) is 4.19. The highest BCUT2D eigenvalue weighted by molar-refractivity contribution is 7.95. The van der Waals surface area contributed by atoms with E-state index in [0.29, 0.717) is 5.56 Å². The Hall–Kier alpha value is -1.94. The van der Waals surface area contributed by atoms with Gasteiger partial charge in [0.05, 0.1) is 4.90 Å². The maximum absolute atomic E-state index is 13.9. The van der Waals surface area contributed by atoms with Crippen molar-refractivity contribution in [1.82, 2.24) is 0 Å². The van der Waals surface area contributed by atoms with E-state index < -0.39 is 15.0 Å². The normalized spacial score (nSPS) is 12.4. The summed E-state index contributed by atoms with van der Waals surface area (Å²) in [4.78, 5) is -0.0455. The fourth-order valence-corrected chi connectivity index (χ4v) is 2.62. The van der Waals surface area contributed by atoms with Crippen LogP contribution in [0.3, 0.4) is 0 Å². The molecule has 0 aliphatic rings. The summed E-state index contributed by atoms with van der Waals surface area (Å²) in [6.45, 7) is 1.91. The smallest absolute Gasteiger partial charge is 0.216 e. The standard InChI is InChI=1S/C15H13FO2S/c1-12-7-9-13(10-8-12)11-15(16)19(17,18)14-5-3-2-4-6-14/h2-11H,1H3/b15-11+. The van der Waals surface area contributed by atoms with E-state index in [0.717, 1.165) is 11.6 Å². The highest BCUT2D eigenvalue weighted by Crippen LogP contribution is 2.22. The van der Waals surface area contributed by atoms with Crippen LogP contribution in [0, 0.1) is 6.92 Å². The molecule has 4 heteroatoms. The van der Waals surface area contributed by atoms with Gasteiger partial charge < -0.3 is 0 Å². The Bertz CT molecular complexity index is 687. The third-order valence-electron chi connectivity index (χ3n) is 2.67. The van der Waals surface area contributed by atoms with Gasteiger partial charge in [-0.2, -0.15) is 4.39 Å². The number of halogens is 1. The predicted molar refractivity (Wildman–Crippen MR) is 73.9 cm³/mol. The molecule has 0 aliphatic carbocycles. The lowest BCUT2D eigenvalue weighted by molar-refractivity contribution is 0.579. The van der Waals surface area contributed by atoms with Crippen molar-refractivity contribution < 1.29 is 12.8 Å². The van der Waals surface area contributed by atoms with Crippen LogP contribution in [-0.2, 0) is 9.84 Å². The van der Waals surface area contributed by atoms with Gasteiger partial charge in [-0.3, -0.25) is 0 Å². The summed E-state index contributed by atoms with van der Waals surface area (Å²) in [7, 11) is -4.05. The molecule has 2 aromatic carbocycles. The van der Waals surface area contributed by atoms with Gasteiger partial charge in [0, 0.05) is 0 Å². The molecule has 0 spiro atoms. The van der Waals surface area contributed by atoms with Gasteiger partial charge in [0.25, 0.3) is 0 Å². The average molecular weight is 276 g/mol. The van der Waals surface area contributed by atoms with Crippen molar-refractivity contribution in [3.05, 3.63) is 70.9 Å². The molecule has 0 bridgehead atoms. The number of aryl methyl sites for hydroxylation is 1. The Balaban J connectivity index is 2.38. The number of rotatable bonds is 3. The summed E-state index contributed by atoms with van der Waals surface area (Å²) in [5.74, 6) is 0. The van der Waals surface area contributed by atoms with Crippen molar-refractivity contribution >= 4 is 15.9 Å². The molecule has 0 aliphatic heterocycles. The molecule has 0 amide bonds. The van der Waals surface area contributed by atoms with E-state index in [1.807, 2.05) is 6.92 Å². The van der Waals surface area contributed by atoms with Crippen molar-refractivity contribution in [2.45, 2.75) is 11.8 Å². The van der Waals surface area contributed by atoms with Gasteiger partial charge in [0.15, 0.2) is 0 Å². The first-order valence-corrected chi connectivity index (χ1v) is 7.22. The van der Waals surface area contributed by atoms with Gasteiger partial charge in [0.2, 0.25) is 15.0 Å². The van der Waals surface area contributed by atoms with Crippen LogP contribution >= 0.6 is 0 Å². The minimum atomic E-state index is -4.05. The Morgan fingerprint density at radius 1 is 1.00 bits per heavy atom. The average Bonchev–Trinajstić information content (AvgIpc) is 2.42. The van der Waals surface area contributed by atoms with E-state index in [-0.39, 0.29) is 4.90 Å². The zero-order chi connectivity index (χ0) is 13.9. The minimum Gasteiger partial charge on any atom is -0.216 e. The van der Waals surface area contributed by atoms with Gasteiger partial charge in [0.1, 0.15) is 0 Å². The van der Waals surface area contributed by atoms with Crippen LogP contribution in [0.1, 0.15) is 11.1 Å². The zero-order valence-corrected chi connectivity index (χ0v) is 11.2. The summed E-state index contributed by atoms with van der Waals surface area (Å²) >= 11 is 0. The number of hydrogen-bond donors (Lipinski definition) is 0. The van der Waals surface area contributed by atoms with Crippen LogP contribution in [0.4, 0.5) is 4.39 Å². The second kappa shape index (κ2) is 5.36. The zero-order valence-electron chi connectivity index (χ0n) is 10.4. The predicted octanol–water partition coefficient (Wildman–Crippen LogP) is 3.74. The van der Waals surface area contributed by atoms with Crippen LogP contribution in [0.25, 0.3) is 6.08 Å². The van der Waals surface area contributed by atoms with E-state index in [4.69, 9.17) is 0 Å². The second-order valence-electron chi connectivity index (χ2n) is 4.18. The van der Waals surface area contributed by atoms with Gasteiger partial charge in [-0.1, -0.05) is 48.0 Å². The molecule has 2 rings (SSSR count). The van der Waals surface area contributed by atoms with E-state index in [1.165, 1.54) is 12.1 Å². The van der Waals surface area contributed by atoms with E-state index in [2.05, 4.69) is 0 Å². The second-order valence-corrected chi connectivity index (χ2v) is 6.04. The van der Waals surface area contributed by atoms with Crippen molar-refractivity contribution in [3.8, 4) is 0 Å². The molecule has 2 aromatic rings. The molecule has 0 radical (unpaired) electrons. The minimum absolute atomic E-state index is 0.0455. The first kappa shape index (κ1) is 13.5. The fraction of sp³-hybridized carbons (Fsp3) is 0.0667. The third kappa shape index (κ3) is 3.09. The molecule has 0 aromatic heterocycles. The molecule has 0 heterocycles. The molecule has 0 fully saturated rings. The lowest BCUT2D eigenvalue weighted by atomic mass is 10.1. The number of sulfone groups is 1. The molecule has 0 saturated heterocycles. The Morgan fingerprint density at radius 3 is 2.16 bits per heavy atom. The quantitative estimate of drug-likeness (QED) is 0.856. The summed E-state index contributed by atoms with van der Waals surface area (Å²) in [6, 6.07) is 14.5. The maximum atomic E-state index is 13.9. The Kier molecular flexibility index (Phi) is 3.81. The summed E-state index contributed by atoms with van der Waals surface area (Å²) in [5, 5.41) is -1.15. The van der Waals surface area contributed by atoms with E-state index in [1.54, 1.807) is 42.5 Å². The molecule has 0 N–H and O–H groups in total. The SMILES string of the molecule is Cc1ccc(/C=C(\F)S(=O)(=O)c2ccccc2)cc1. The van der Waals surface area contributed by atoms with Crippen LogP contribution in [0.5, 0.6) is 0 Å².